The second-order valence-electron chi connectivity index (χ2n) is 8.97. The van der Waals surface area contributed by atoms with Gasteiger partial charge >= 0.3 is 0 Å². The molecule has 1 atom stereocenters. The number of benzene rings is 3. The molecule has 0 heterocycles. The zero-order chi connectivity index (χ0) is 23.7. The fraction of sp³-hybridized carbons (Fsp3) is 0.321. The van der Waals surface area contributed by atoms with Crippen LogP contribution in [-0.4, -0.2) is 31.6 Å². The molecule has 0 aromatic heterocycles. The van der Waals surface area contributed by atoms with Gasteiger partial charge in [-0.1, -0.05) is 30.3 Å². The fourth-order valence-corrected chi connectivity index (χ4v) is 3.50. The van der Waals surface area contributed by atoms with E-state index in [4.69, 9.17) is 14.5 Å². The lowest BCUT2D eigenvalue weighted by Crippen LogP contribution is -2.37. The predicted octanol–water partition coefficient (Wildman–Crippen LogP) is 6.43. The number of aryl methyl sites for hydroxylation is 1. The summed E-state index contributed by atoms with van der Waals surface area (Å²) < 4.78 is 10.6. The van der Waals surface area contributed by atoms with E-state index < -0.39 is 0 Å². The van der Waals surface area contributed by atoms with Crippen LogP contribution in [0.4, 0.5) is 11.4 Å². The van der Waals surface area contributed by atoms with E-state index in [1.54, 1.807) is 14.2 Å². The summed E-state index contributed by atoms with van der Waals surface area (Å²) >= 11 is 0. The average Bonchev–Trinajstić information content (AvgIpc) is 2.82. The van der Waals surface area contributed by atoms with Crippen LogP contribution in [0.1, 0.15) is 32.8 Å². The highest BCUT2D eigenvalue weighted by atomic mass is 16.5. The molecule has 5 heteroatoms. The van der Waals surface area contributed by atoms with Gasteiger partial charge in [0.2, 0.25) is 0 Å². The van der Waals surface area contributed by atoms with Gasteiger partial charge in [0.1, 0.15) is 17.3 Å². The molecule has 2 N–H and O–H groups in total. The normalized spacial score (nSPS) is 12.7. The Bertz CT molecular complexity index is 1010. The van der Waals surface area contributed by atoms with Crippen LogP contribution in [0.5, 0.6) is 11.5 Å². The lowest BCUT2D eigenvalue weighted by molar-refractivity contribution is 0.415. The van der Waals surface area contributed by atoms with Crippen LogP contribution in [-0.2, 0) is 6.42 Å². The Labute approximate surface area is 197 Å². The van der Waals surface area contributed by atoms with Gasteiger partial charge in [-0.15, -0.1) is 0 Å². The van der Waals surface area contributed by atoms with E-state index in [1.807, 2.05) is 54.6 Å². The molecule has 5 nitrogen and oxygen atoms in total. The number of rotatable bonds is 9. The van der Waals surface area contributed by atoms with Crippen LogP contribution in [0.3, 0.4) is 0 Å². The minimum absolute atomic E-state index is 0.0140. The van der Waals surface area contributed by atoms with Crippen molar-refractivity contribution in [3.63, 3.8) is 0 Å². The maximum absolute atomic E-state index is 5.32. The number of ether oxygens (including phenoxy) is 2. The number of anilines is 2. The van der Waals surface area contributed by atoms with Gasteiger partial charge in [-0.3, -0.25) is 4.99 Å². The van der Waals surface area contributed by atoms with Gasteiger partial charge in [0.15, 0.2) is 0 Å². The summed E-state index contributed by atoms with van der Waals surface area (Å²) in [7, 11) is 3.35. The van der Waals surface area contributed by atoms with Gasteiger partial charge in [-0.25, -0.2) is 0 Å². The van der Waals surface area contributed by atoms with Crippen LogP contribution >= 0.6 is 0 Å². The SMILES string of the molecule is COc1ccc(NC(=NC(C)(C)C)C(CCc2ccccc2)Nc2ccc(OC)cc2)cc1. The molecule has 0 saturated heterocycles. The summed E-state index contributed by atoms with van der Waals surface area (Å²) in [6.07, 6.45) is 1.82. The minimum Gasteiger partial charge on any atom is -0.497 e. The Hall–Kier alpha value is -3.47. The van der Waals surface area contributed by atoms with Crippen LogP contribution in [0, 0.1) is 0 Å². The molecule has 3 rings (SSSR count). The topological polar surface area (TPSA) is 54.9 Å². The standard InChI is InChI=1S/C28H35N3O2/c1-28(2,3)31-27(30-23-14-18-25(33-5)19-15-23)26(20-11-21-9-7-6-8-10-21)29-22-12-16-24(32-4)17-13-22/h6-10,12-19,26,29H,11,20H2,1-5H3,(H,30,31). The molecular formula is C28H35N3O2. The Morgan fingerprint density at radius 3 is 1.85 bits per heavy atom. The first-order valence-corrected chi connectivity index (χ1v) is 11.3. The third-order valence-corrected chi connectivity index (χ3v) is 5.14. The number of nitrogens with zero attached hydrogens (tertiary/aromatic N) is 1. The molecule has 0 aliphatic carbocycles. The summed E-state index contributed by atoms with van der Waals surface area (Å²) in [5.41, 5.74) is 3.06. The summed E-state index contributed by atoms with van der Waals surface area (Å²) in [5.74, 6) is 2.56. The molecule has 0 fully saturated rings. The van der Waals surface area contributed by atoms with Crippen molar-refractivity contribution in [1.29, 1.82) is 0 Å². The largest absolute Gasteiger partial charge is 0.497 e. The van der Waals surface area contributed by atoms with E-state index in [0.717, 1.165) is 41.6 Å². The van der Waals surface area contributed by atoms with E-state index in [1.165, 1.54) is 5.56 Å². The lowest BCUT2D eigenvalue weighted by Gasteiger charge is -2.26. The van der Waals surface area contributed by atoms with Crippen molar-refractivity contribution >= 4 is 17.2 Å². The average molecular weight is 446 g/mol. The number of amidine groups is 1. The maximum Gasteiger partial charge on any atom is 0.124 e. The van der Waals surface area contributed by atoms with Gasteiger partial charge in [0, 0.05) is 11.4 Å². The molecular weight excluding hydrogens is 410 g/mol. The molecule has 0 radical (unpaired) electrons. The Kier molecular flexibility index (Phi) is 8.36. The third kappa shape index (κ3) is 7.86. The van der Waals surface area contributed by atoms with Gasteiger partial charge in [0.25, 0.3) is 0 Å². The quantitative estimate of drug-likeness (QED) is 0.294. The Balaban J connectivity index is 1.90. The molecule has 0 saturated carbocycles. The molecule has 174 valence electrons. The minimum atomic E-state index is -0.235. The highest BCUT2D eigenvalue weighted by molar-refractivity contribution is 6.01. The van der Waals surface area contributed by atoms with Gasteiger partial charge in [-0.05, 0) is 87.7 Å². The van der Waals surface area contributed by atoms with Crippen molar-refractivity contribution in [2.75, 3.05) is 24.9 Å². The van der Waals surface area contributed by atoms with E-state index in [2.05, 4.69) is 55.7 Å². The number of nitrogens with one attached hydrogen (secondary N) is 2. The van der Waals surface area contributed by atoms with E-state index >= 15 is 0 Å². The first kappa shape index (κ1) is 24.2. The second kappa shape index (κ2) is 11.4. The zero-order valence-electron chi connectivity index (χ0n) is 20.3. The number of methoxy groups -OCH3 is 2. The first-order valence-electron chi connectivity index (χ1n) is 11.3. The van der Waals surface area contributed by atoms with Crippen molar-refractivity contribution in [1.82, 2.24) is 0 Å². The van der Waals surface area contributed by atoms with Crippen LogP contribution in [0.15, 0.2) is 83.9 Å². The monoisotopic (exact) mass is 445 g/mol. The molecule has 0 aliphatic rings. The van der Waals surface area contributed by atoms with Crippen LogP contribution < -0.4 is 20.1 Å². The van der Waals surface area contributed by atoms with Gasteiger partial charge in [0.05, 0.1) is 25.8 Å². The van der Waals surface area contributed by atoms with Crippen molar-refractivity contribution < 1.29 is 9.47 Å². The highest BCUT2D eigenvalue weighted by Crippen LogP contribution is 2.21. The summed E-state index contributed by atoms with van der Waals surface area (Å²) in [4.78, 5) is 5.08. The fourth-order valence-electron chi connectivity index (χ4n) is 3.50. The second-order valence-corrected chi connectivity index (χ2v) is 8.97. The number of hydrogen-bond donors (Lipinski definition) is 2. The van der Waals surface area contributed by atoms with Crippen molar-refractivity contribution in [2.45, 2.75) is 45.2 Å². The molecule has 0 spiro atoms. The van der Waals surface area contributed by atoms with Gasteiger partial charge in [-0.2, -0.15) is 0 Å². The highest BCUT2D eigenvalue weighted by Gasteiger charge is 2.20. The zero-order valence-corrected chi connectivity index (χ0v) is 20.3. The predicted molar refractivity (Wildman–Crippen MR) is 139 cm³/mol. The smallest absolute Gasteiger partial charge is 0.124 e. The van der Waals surface area contributed by atoms with E-state index in [0.29, 0.717) is 0 Å². The summed E-state index contributed by atoms with van der Waals surface area (Å²) in [6, 6.07) is 26.5. The van der Waals surface area contributed by atoms with E-state index in [-0.39, 0.29) is 11.6 Å². The van der Waals surface area contributed by atoms with Crippen LogP contribution in [0.25, 0.3) is 0 Å². The van der Waals surface area contributed by atoms with E-state index in [9.17, 15) is 0 Å². The molecule has 3 aromatic rings. The Morgan fingerprint density at radius 2 is 1.33 bits per heavy atom. The van der Waals surface area contributed by atoms with Crippen molar-refractivity contribution in [3.05, 3.63) is 84.4 Å². The van der Waals surface area contributed by atoms with Crippen molar-refractivity contribution in [2.24, 2.45) is 4.99 Å². The summed E-state index contributed by atoms with van der Waals surface area (Å²) in [5, 5.41) is 7.27. The molecule has 0 bridgehead atoms. The molecule has 3 aromatic carbocycles. The molecule has 0 aliphatic heterocycles. The Morgan fingerprint density at radius 1 is 0.788 bits per heavy atom. The third-order valence-electron chi connectivity index (χ3n) is 5.14. The summed E-state index contributed by atoms with van der Waals surface area (Å²) in [6.45, 7) is 6.35. The first-order chi connectivity index (χ1) is 15.9. The maximum atomic E-state index is 5.32. The lowest BCUT2D eigenvalue weighted by atomic mass is 10.0. The molecule has 33 heavy (non-hydrogen) atoms. The van der Waals surface area contributed by atoms with Crippen LogP contribution in [0.2, 0.25) is 0 Å². The van der Waals surface area contributed by atoms with Crippen molar-refractivity contribution in [3.8, 4) is 11.5 Å². The van der Waals surface area contributed by atoms with Gasteiger partial charge < -0.3 is 20.1 Å². The number of hydrogen-bond acceptors (Lipinski definition) is 4. The molecule has 1 unspecified atom stereocenters. The molecule has 0 amide bonds. The number of aliphatic imine (C=N–C) groups is 1.